The third kappa shape index (κ3) is 6.51. The van der Waals surface area contributed by atoms with Gasteiger partial charge in [-0.15, -0.1) is 11.8 Å². The Labute approximate surface area is 203 Å². The summed E-state index contributed by atoms with van der Waals surface area (Å²) in [5, 5.41) is 9.11. The van der Waals surface area contributed by atoms with Gasteiger partial charge >= 0.3 is 5.97 Å². The fourth-order valence-corrected chi connectivity index (χ4v) is 4.56. The largest absolute Gasteiger partial charge is 0.493 e. The summed E-state index contributed by atoms with van der Waals surface area (Å²) in [6.07, 6.45) is 1.25. The highest BCUT2D eigenvalue weighted by atomic mass is 32.2. The SMILES string of the molecule is Cc1oc(-c2ccccc2)nc1CCOc1ccc(CCC(=O)O)c(CSc2ccccc2)c1. The van der Waals surface area contributed by atoms with Gasteiger partial charge < -0.3 is 14.3 Å². The minimum atomic E-state index is -0.792. The normalized spacial score (nSPS) is 10.9. The minimum Gasteiger partial charge on any atom is -0.493 e. The van der Waals surface area contributed by atoms with E-state index in [1.165, 1.54) is 4.90 Å². The Morgan fingerprint density at radius 3 is 2.44 bits per heavy atom. The van der Waals surface area contributed by atoms with Crippen LogP contribution in [0.25, 0.3) is 11.5 Å². The zero-order chi connectivity index (χ0) is 23.8. The molecule has 0 saturated heterocycles. The molecule has 34 heavy (non-hydrogen) atoms. The van der Waals surface area contributed by atoms with E-state index in [4.69, 9.17) is 14.3 Å². The molecule has 0 aliphatic rings. The number of aryl methyl sites for hydroxylation is 2. The third-order valence-electron chi connectivity index (χ3n) is 5.44. The van der Waals surface area contributed by atoms with E-state index in [-0.39, 0.29) is 6.42 Å². The third-order valence-corrected chi connectivity index (χ3v) is 6.51. The van der Waals surface area contributed by atoms with E-state index in [2.05, 4.69) is 17.1 Å². The lowest BCUT2D eigenvalue weighted by Crippen LogP contribution is -2.04. The second-order valence-electron chi connectivity index (χ2n) is 7.91. The molecule has 0 radical (unpaired) electrons. The second kappa shape index (κ2) is 11.6. The molecule has 0 fully saturated rings. The van der Waals surface area contributed by atoms with Crippen LogP contribution in [0.3, 0.4) is 0 Å². The van der Waals surface area contributed by atoms with Crippen LogP contribution in [0.2, 0.25) is 0 Å². The van der Waals surface area contributed by atoms with Crippen LogP contribution in [0, 0.1) is 6.92 Å². The Kier molecular flexibility index (Phi) is 8.04. The van der Waals surface area contributed by atoms with Crippen molar-refractivity contribution in [3.8, 4) is 17.2 Å². The average molecular weight is 474 g/mol. The number of carboxylic acid groups (broad SMARTS) is 1. The van der Waals surface area contributed by atoms with Crippen molar-refractivity contribution in [2.75, 3.05) is 6.61 Å². The molecule has 0 spiro atoms. The predicted octanol–water partition coefficient (Wildman–Crippen LogP) is 6.58. The molecule has 3 aromatic carbocycles. The van der Waals surface area contributed by atoms with E-state index in [1.807, 2.05) is 73.7 Å². The maximum atomic E-state index is 11.1. The lowest BCUT2D eigenvalue weighted by Gasteiger charge is -2.12. The smallest absolute Gasteiger partial charge is 0.303 e. The number of aromatic nitrogens is 1. The van der Waals surface area contributed by atoms with Gasteiger partial charge in [-0.25, -0.2) is 4.98 Å². The molecule has 174 valence electrons. The van der Waals surface area contributed by atoms with E-state index in [9.17, 15) is 4.79 Å². The molecule has 4 rings (SSSR count). The summed E-state index contributed by atoms with van der Waals surface area (Å²) in [4.78, 5) is 16.9. The molecule has 1 N–H and O–H groups in total. The van der Waals surface area contributed by atoms with E-state index in [1.54, 1.807) is 11.8 Å². The van der Waals surface area contributed by atoms with E-state index < -0.39 is 5.97 Å². The highest BCUT2D eigenvalue weighted by molar-refractivity contribution is 7.98. The monoisotopic (exact) mass is 473 g/mol. The Morgan fingerprint density at radius 2 is 1.71 bits per heavy atom. The quantitative estimate of drug-likeness (QED) is 0.248. The highest BCUT2D eigenvalue weighted by Crippen LogP contribution is 2.28. The van der Waals surface area contributed by atoms with Crippen LogP contribution in [0.4, 0.5) is 0 Å². The number of ether oxygens (including phenoxy) is 1. The minimum absolute atomic E-state index is 0.110. The standard InChI is InChI=1S/C28H27NO4S/c1-20-26(29-28(33-20)22-8-4-2-5-9-22)16-17-32-24-14-12-21(13-15-27(30)31)23(18-24)19-34-25-10-6-3-7-11-25/h2-12,14,18H,13,15-17,19H2,1H3,(H,30,31). The van der Waals surface area contributed by atoms with Crippen LogP contribution >= 0.6 is 11.8 Å². The average Bonchev–Trinajstić information content (AvgIpc) is 3.23. The van der Waals surface area contributed by atoms with Crippen LogP contribution in [-0.4, -0.2) is 22.7 Å². The van der Waals surface area contributed by atoms with Gasteiger partial charge in [0, 0.05) is 29.1 Å². The highest BCUT2D eigenvalue weighted by Gasteiger charge is 2.12. The molecule has 0 unspecified atom stereocenters. The molecule has 0 aliphatic heterocycles. The molecule has 0 amide bonds. The molecule has 0 saturated carbocycles. The van der Waals surface area contributed by atoms with Gasteiger partial charge in [-0.05, 0) is 60.9 Å². The van der Waals surface area contributed by atoms with Gasteiger partial charge in [-0.2, -0.15) is 0 Å². The van der Waals surface area contributed by atoms with Gasteiger partial charge in [-0.1, -0.05) is 42.5 Å². The Bertz CT molecular complexity index is 1220. The number of carboxylic acids is 1. The number of hydrogen-bond donors (Lipinski definition) is 1. The number of thioether (sulfide) groups is 1. The molecule has 0 bridgehead atoms. The van der Waals surface area contributed by atoms with Crippen LogP contribution in [-0.2, 0) is 23.4 Å². The number of nitrogens with zero attached hydrogens (tertiary/aromatic N) is 1. The first-order chi connectivity index (χ1) is 16.6. The van der Waals surface area contributed by atoms with Gasteiger partial charge in [0.05, 0.1) is 12.3 Å². The van der Waals surface area contributed by atoms with Crippen molar-refractivity contribution in [3.05, 3.63) is 101 Å². The molecular weight excluding hydrogens is 446 g/mol. The van der Waals surface area contributed by atoms with Crippen molar-refractivity contribution in [1.29, 1.82) is 0 Å². The summed E-state index contributed by atoms with van der Waals surface area (Å²) in [5.74, 6) is 2.15. The first-order valence-electron chi connectivity index (χ1n) is 11.2. The molecule has 1 heterocycles. The van der Waals surface area contributed by atoms with Gasteiger partial charge in [-0.3, -0.25) is 4.79 Å². The topological polar surface area (TPSA) is 72.6 Å². The van der Waals surface area contributed by atoms with E-state index in [0.717, 1.165) is 39.6 Å². The number of carbonyl (C=O) groups is 1. The zero-order valence-corrected chi connectivity index (χ0v) is 19.9. The fraction of sp³-hybridized carbons (Fsp3) is 0.214. The van der Waals surface area contributed by atoms with Crippen LogP contribution < -0.4 is 4.74 Å². The van der Waals surface area contributed by atoms with Crippen molar-refractivity contribution >= 4 is 17.7 Å². The van der Waals surface area contributed by atoms with Gasteiger partial charge in [0.25, 0.3) is 0 Å². The Morgan fingerprint density at radius 1 is 0.971 bits per heavy atom. The van der Waals surface area contributed by atoms with Crippen molar-refractivity contribution in [3.63, 3.8) is 0 Å². The molecular formula is C28H27NO4S. The Balaban J connectivity index is 1.41. The summed E-state index contributed by atoms with van der Waals surface area (Å²) < 4.78 is 11.9. The summed E-state index contributed by atoms with van der Waals surface area (Å²) >= 11 is 1.73. The first-order valence-corrected chi connectivity index (χ1v) is 12.2. The zero-order valence-electron chi connectivity index (χ0n) is 19.1. The second-order valence-corrected chi connectivity index (χ2v) is 8.96. The van der Waals surface area contributed by atoms with Gasteiger partial charge in [0.1, 0.15) is 11.5 Å². The molecule has 0 aliphatic carbocycles. The van der Waals surface area contributed by atoms with Gasteiger partial charge in [0.2, 0.25) is 5.89 Å². The van der Waals surface area contributed by atoms with Crippen LogP contribution in [0.1, 0.15) is 29.0 Å². The molecule has 0 atom stereocenters. The van der Waals surface area contributed by atoms with Gasteiger partial charge in [0.15, 0.2) is 0 Å². The number of aliphatic carboxylic acids is 1. The molecule has 5 nitrogen and oxygen atoms in total. The van der Waals surface area contributed by atoms with E-state index in [0.29, 0.717) is 25.3 Å². The van der Waals surface area contributed by atoms with Crippen LogP contribution in [0.5, 0.6) is 5.75 Å². The summed E-state index contributed by atoms with van der Waals surface area (Å²) in [6, 6.07) is 26.0. The lowest BCUT2D eigenvalue weighted by atomic mass is 10.0. The van der Waals surface area contributed by atoms with Crippen LogP contribution in [0.15, 0.2) is 88.2 Å². The lowest BCUT2D eigenvalue weighted by molar-refractivity contribution is -0.136. The summed E-state index contributed by atoms with van der Waals surface area (Å²) in [7, 11) is 0. The summed E-state index contributed by atoms with van der Waals surface area (Å²) in [6.45, 7) is 2.40. The first kappa shape index (κ1) is 23.6. The Hall–Kier alpha value is -3.51. The maximum Gasteiger partial charge on any atom is 0.303 e. The molecule has 6 heteroatoms. The number of benzene rings is 3. The predicted molar refractivity (Wildman–Crippen MR) is 134 cm³/mol. The number of oxazole rings is 1. The maximum absolute atomic E-state index is 11.1. The molecule has 4 aromatic rings. The fourth-order valence-electron chi connectivity index (χ4n) is 3.62. The van der Waals surface area contributed by atoms with E-state index >= 15 is 0 Å². The van der Waals surface area contributed by atoms with Crippen molar-refractivity contribution in [1.82, 2.24) is 4.98 Å². The van der Waals surface area contributed by atoms with Crippen molar-refractivity contribution < 1.29 is 19.1 Å². The molecule has 1 aromatic heterocycles. The van der Waals surface area contributed by atoms with Crippen molar-refractivity contribution in [2.45, 2.75) is 36.8 Å². The van der Waals surface area contributed by atoms with Crippen molar-refractivity contribution in [2.24, 2.45) is 0 Å². The number of hydrogen-bond acceptors (Lipinski definition) is 5. The summed E-state index contributed by atoms with van der Waals surface area (Å²) in [5.41, 5.74) is 3.97. The number of rotatable bonds is 11.